The molecule has 84 valence electrons. The summed E-state index contributed by atoms with van der Waals surface area (Å²) in [6.45, 7) is -0.176. The van der Waals surface area contributed by atoms with Crippen LogP contribution in [-0.2, 0) is 9.59 Å². The summed E-state index contributed by atoms with van der Waals surface area (Å²) in [7, 11) is 0. The minimum Gasteiger partial charge on any atom is -0.484 e. The smallest absolute Gasteiger partial charge is 0.328 e. The van der Waals surface area contributed by atoms with E-state index in [-0.39, 0.29) is 6.61 Å². The van der Waals surface area contributed by atoms with Crippen LogP contribution < -0.4 is 10.5 Å². The molecule has 0 saturated carbocycles. The lowest BCUT2D eigenvalue weighted by molar-refractivity contribution is -0.131. The zero-order valence-electron chi connectivity index (χ0n) is 8.42. The van der Waals surface area contributed by atoms with Crippen molar-refractivity contribution in [1.29, 1.82) is 0 Å². The molecule has 5 nitrogen and oxygen atoms in total. The number of hydrogen-bond acceptors (Lipinski definition) is 3. The molecule has 1 amide bonds. The first-order valence-electron chi connectivity index (χ1n) is 4.50. The van der Waals surface area contributed by atoms with Crippen molar-refractivity contribution < 1.29 is 19.4 Å². The van der Waals surface area contributed by atoms with E-state index in [1.807, 2.05) is 0 Å². The zero-order chi connectivity index (χ0) is 12.0. The Morgan fingerprint density at radius 2 is 1.94 bits per heavy atom. The number of carbonyl (C=O) groups is 2. The molecule has 0 fully saturated rings. The molecule has 0 radical (unpaired) electrons. The Balaban J connectivity index is 2.60. The lowest BCUT2D eigenvalue weighted by Crippen LogP contribution is -2.19. The van der Waals surface area contributed by atoms with Crippen LogP contribution >= 0.6 is 0 Å². The van der Waals surface area contributed by atoms with E-state index in [9.17, 15) is 9.59 Å². The number of aliphatic carboxylic acids is 1. The van der Waals surface area contributed by atoms with Gasteiger partial charge in [0.15, 0.2) is 6.61 Å². The summed E-state index contributed by atoms with van der Waals surface area (Å²) < 4.78 is 5.03. The Hall–Kier alpha value is -2.30. The highest BCUT2D eigenvalue weighted by Crippen LogP contribution is 2.12. The SMILES string of the molecule is NC(=O)COc1ccc(/C=C/C(=O)O)cc1. The van der Waals surface area contributed by atoms with E-state index < -0.39 is 11.9 Å². The second kappa shape index (κ2) is 5.55. The highest BCUT2D eigenvalue weighted by atomic mass is 16.5. The van der Waals surface area contributed by atoms with Crippen LogP contribution in [0.1, 0.15) is 5.56 Å². The van der Waals surface area contributed by atoms with Gasteiger partial charge in [0.05, 0.1) is 0 Å². The number of carboxylic acid groups (broad SMARTS) is 1. The van der Waals surface area contributed by atoms with Crippen LogP contribution in [-0.4, -0.2) is 23.6 Å². The number of carboxylic acids is 1. The van der Waals surface area contributed by atoms with Crippen molar-refractivity contribution in [2.45, 2.75) is 0 Å². The topological polar surface area (TPSA) is 89.6 Å². The van der Waals surface area contributed by atoms with E-state index in [0.29, 0.717) is 5.75 Å². The lowest BCUT2D eigenvalue weighted by atomic mass is 10.2. The monoisotopic (exact) mass is 221 g/mol. The second-order valence-corrected chi connectivity index (χ2v) is 3.00. The van der Waals surface area contributed by atoms with Gasteiger partial charge in [-0.2, -0.15) is 0 Å². The number of primary amides is 1. The number of hydrogen-bond donors (Lipinski definition) is 2. The van der Waals surface area contributed by atoms with Crippen LogP contribution in [0.5, 0.6) is 5.75 Å². The van der Waals surface area contributed by atoms with Crippen LogP contribution in [0.15, 0.2) is 30.3 Å². The summed E-state index contributed by atoms with van der Waals surface area (Å²) in [4.78, 5) is 20.7. The van der Waals surface area contributed by atoms with Crippen molar-refractivity contribution in [2.24, 2.45) is 5.73 Å². The van der Waals surface area contributed by atoms with Crippen molar-refractivity contribution in [3.8, 4) is 5.75 Å². The fourth-order valence-electron chi connectivity index (χ4n) is 0.997. The minimum atomic E-state index is -1.01. The van der Waals surface area contributed by atoms with E-state index in [0.717, 1.165) is 11.6 Å². The summed E-state index contributed by atoms with van der Waals surface area (Å²) in [6, 6.07) is 6.61. The molecule has 1 aromatic carbocycles. The standard InChI is InChI=1S/C11H11NO4/c12-10(13)7-16-9-4-1-8(2-5-9)3-6-11(14)15/h1-6H,7H2,(H2,12,13)(H,14,15)/b6-3+. The van der Waals surface area contributed by atoms with Gasteiger partial charge in [0.25, 0.3) is 5.91 Å². The van der Waals surface area contributed by atoms with E-state index in [1.165, 1.54) is 6.08 Å². The summed E-state index contributed by atoms with van der Waals surface area (Å²) in [5.41, 5.74) is 5.64. The van der Waals surface area contributed by atoms with Gasteiger partial charge in [-0.25, -0.2) is 4.79 Å². The van der Waals surface area contributed by atoms with Crippen LogP contribution in [0.2, 0.25) is 0 Å². The zero-order valence-corrected chi connectivity index (χ0v) is 8.42. The van der Waals surface area contributed by atoms with Gasteiger partial charge in [-0.05, 0) is 23.8 Å². The number of rotatable bonds is 5. The van der Waals surface area contributed by atoms with Crippen LogP contribution in [0, 0.1) is 0 Å². The van der Waals surface area contributed by atoms with Gasteiger partial charge in [-0.1, -0.05) is 12.1 Å². The Labute approximate surface area is 92.1 Å². The first-order valence-corrected chi connectivity index (χ1v) is 4.50. The van der Waals surface area contributed by atoms with Crippen molar-refractivity contribution in [3.05, 3.63) is 35.9 Å². The highest BCUT2D eigenvalue weighted by Gasteiger charge is 1.97. The average Bonchev–Trinajstić information content (AvgIpc) is 2.25. The van der Waals surface area contributed by atoms with Gasteiger partial charge in [-0.15, -0.1) is 0 Å². The Morgan fingerprint density at radius 3 is 2.44 bits per heavy atom. The third-order valence-corrected chi connectivity index (χ3v) is 1.68. The highest BCUT2D eigenvalue weighted by molar-refractivity contribution is 5.85. The molecule has 0 heterocycles. The first-order chi connectivity index (χ1) is 7.58. The molecule has 0 saturated heterocycles. The van der Waals surface area contributed by atoms with Crippen molar-refractivity contribution in [1.82, 2.24) is 0 Å². The van der Waals surface area contributed by atoms with E-state index in [4.69, 9.17) is 15.6 Å². The van der Waals surface area contributed by atoms with Gasteiger partial charge in [0.2, 0.25) is 0 Å². The van der Waals surface area contributed by atoms with Crippen molar-refractivity contribution in [3.63, 3.8) is 0 Å². The molecule has 0 spiro atoms. The maximum Gasteiger partial charge on any atom is 0.328 e. The molecule has 0 aromatic heterocycles. The summed E-state index contributed by atoms with van der Waals surface area (Å²) in [6.07, 6.45) is 2.50. The first kappa shape index (κ1) is 11.8. The van der Waals surface area contributed by atoms with Gasteiger partial charge in [-0.3, -0.25) is 4.79 Å². The number of amides is 1. The van der Waals surface area contributed by atoms with E-state index in [2.05, 4.69) is 0 Å². The van der Waals surface area contributed by atoms with Gasteiger partial charge in [0.1, 0.15) is 5.75 Å². The predicted octanol–water partition coefficient (Wildman–Crippen LogP) is 0.648. The van der Waals surface area contributed by atoms with Crippen molar-refractivity contribution >= 4 is 18.0 Å². The van der Waals surface area contributed by atoms with E-state index >= 15 is 0 Å². The van der Waals surface area contributed by atoms with Crippen molar-refractivity contribution in [2.75, 3.05) is 6.61 Å². The van der Waals surface area contributed by atoms with Gasteiger partial charge < -0.3 is 15.6 Å². The van der Waals surface area contributed by atoms with Gasteiger partial charge in [0, 0.05) is 6.08 Å². The molecule has 3 N–H and O–H groups in total. The maximum atomic E-state index is 10.4. The molecule has 1 aromatic rings. The molecule has 0 unspecified atom stereocenters. The Bertz CT molecular complexity index is 408. The summed E-state index contributed by atoms with van der Waals surface area (Å²) in [5, 5.41) is 8.41. The third-order valence-electron chi connectivity index (χ3n) is 1.68. The second-order valence-electron chi connectivity index (χ2n) is 3.00. The van der Waals surface area contributed by atoms with Gasteiger partial charge >= 0.3 is 5.97 Å². The summed E-state index contributed by atoms with van der Waals surface area (Å²) in [5.74, 6) is -1.05. The van der Waals surface area contributed by atoms with Crippen LogP contribution in [0.4, 0.5) is 0 Å². The van der Waals surface area contributed by atoms with Crippen LogP contribution in [0.3, 0.4) is 0 Å². The fraction of sp³-hybridized carbons (Fsp3) is 0.0909. The average molecular weight is 221 g/mol. The molecule has 0 bridgehead atoms. The molecule has 1 rings (SSSR count). The predicted molar refractivity (Wildman–Crippen MR) is 57.8 cm³/mol. The Morgan fingerprint density at radius 1 is 1.31 bits per heavy atom. The Kier molecular flexibility index (Phi) is 4.08. The number of benzene rings is 1. The molecule has 0 aliphatic heterocycles. The van der Waals surface area contributed by atoms with E-state index in [1.54, 1.807) is 24.3 Å². The van der Waals surface area contributed by atoms with Crippen LogP contribution in [0.25, 0.3) is 6.08 Å². The number of carbonyl (C=O) groups excluding carboxylic acids is 1. The largest absolute Gasteiger partial charge is 0.484 e. The lowest BCUT2D eigenvalue weighted by Gasteiger charge is -2.03. The molecule has 0 aliphatic rings. The maximum absolute atomic E-state index is 10.4. The molecular formula is C11H11NO4. The molecule has 0 atom stereocenters. The molecular weight excluding hydrogens is 210 g/mol. The number of ether oxygens (including phenoxy) is 1. The third kappa shape index (κ3) is 4.28. The fourth-order valence-corrected chi connectivity index (χ4v) is 0.997. The quantitative estimate of drug-likeness (QED) is 0.714. The molecule has 5 heteroatoms. The normalized spacial score (nSPS) is 10.2. The molecule has 16 heavy (non-hydrogen) atoms. The summed E-state index contributed by atoms with van der Waals surface area (Å²) >= 11 is 0. The molecule has 0 aliphatic carbocycles. The minimum absolute atomic E-state index is 0.176. The number of nitrogens with two attached hydrogens (primary N) is 1.